The zero-order valence-electron chi connectivity index (χ0n) is 8.02. The van der Waals surface area contributed by atoms with E-state index >= 15 is 0 Å². The number of hydrogen-bond acceptors (Lipinski definition) is 2. The average molecular weight is 284 g/mol. The molecule has 0 N–H and O–H groups in total. The maximum absolute atomic E-state index is 11.5. The summed E-state index contributed by atoms with van der Waals surface area (Å²) in [6.45, 7) is 0.749. The highest BCUT2D eigenvalue weighted by Crippen LogP contribution is 2.09. The maximum atomic E-state index is 11.5. The first-order chi connectivity index (χ1) is 7.27. The maximum Gasteiger partial charge on any atom is 0.274 e. The normalized spacial score (nSPS) is 10.5. The Kier molecular flexibility index (Phi) is 3.38. The molecule has 0 bridgehead atoms. The monoisotopic (exact) mass is 283 g/mol. The van der Waals surface area contributed by atoms with Crippen LogP contribution in [0.1, 0.15) is 5.56 Å². The minimum absolute atomic E-state index is 0.0657. The third-order valence-electron chi connectivity index (χ3n) is 2.16. The van der Waals surface area contributed by atoms with Gasteiger partial charge in [-0.05, 0) is 27.9 Å². The summed E-state index contributed by atoms with van der Waals surface area (Å²) in [5.41, 5.74) is 1.32. The molecule has 2 aromatic rings. The Morgan fingerprint density at radius 2 is 2.00 bits per heavy atom. The summed E-state index contributed by atoms with van der Waals surface area (Å²) in [6, 6.07) is 10.2. The molecule has 2 rings (SSSR count). The zero-order valence-corrected chi connectivity index (χ0v) is 10.4. The molecule has 0 aliphatic heterocycles. The van der Waals surface area contributed by atoms with Gasteiger partial charge in [0.05, 0.1) is 4.47 Å². The molecule has 2 nitrogen and oxygen atoms in total. The van der Waals surface area contributed by atoms with Gasteiger partial charge in [-0.1, -0.05) is 41.9 Å². The highest BCUT2D eigenvalue weighted by molar-refractivity contribution is 9.10. The molecule has 0 aliphatic carbocycles. The van der Waals surface area contributed by atoms with E-state index in [0.717, 1.165) is 13.0 Å². The average Bonchev–Trinajstić information content (AvgIpc) is 2.59. The summed E-state index contributed by atoms with van der Waals surface area (Å²) in [7, 11) is 0. The van der Waals surface area contributed by atoms with Crippen molar-refractivity contribution in [3.05, 3.63) is 56.1 Å². The zero-order chi connectivity index (χ0) is 10.7. The lowest BCUT2D eigenvalue weighted by atomic mass is 10.2. The molecular weight excluding hydrogens is 274 g/mol. The first-order valence-corrected chi connectivity index (χ1v) is 6.28. The molecule has 1 heterocycles. The van der Waals surface area contributed by atoms with Crippen LogP contribution >= 0.6 is 27.5 Å². The SMILES string of the molecule is O=c1c(Br)csn1CCc1ccccc1. The van der Waals surface area contributed by atoms with Crippen LogP contribution < -0.4 is 5.56 Å². The summed E-state index contributed by atoms with van der Waals surface area (Å²) >= 11 is 4.67. The Bertz CT molecular complexity index is 489. The summed E-state index contributed by atoms with van der Waals surface area (Å²) in [5, 5.41) is 1.83. The van der Waals surface area contributed by atoms with Crippen LogP contribution in [0.2, 0.25) is 0 Å². The van der Waals surface area contributed by atoms with Crippen LogP contribution in [0.25, 0.3) is 0 Å². The van der Waals surface area contributed by atoms with Crippen molar-refractivity contribution < 1.29 is 0 Å². The second kappa shape index (κ2) is 4.77. The predicted octanol–water partition coefficient (Wildman–Crippen LogP) is 2.92. The van der Waals surface area contributed by atoms with Gasteiger partial charge in [-0.3, -0.25) is 8.75 Å². The van der Waals surface area contributed by atoms with Gasteiger partial charge in [0.1, 0.15) is 0 Å². The summed E-state index contributed by atoms with van der Waals surface area (Å²) in [4.78, 5) is 11.5. The van der Waals surface area contributed by atoms with E-state index in [0.29, 0.717) is 4.47 Å². The fourth-order valence-corrected chi connectivity index (χ4v) is 2.65. The lowest BCUT2D eigenvalue weighted by Gasteiger charge is -2.00. The first kappa shape index (κ1) is 10.6. The third-order valence-corrected chi connectivity index (χ3v) is 3.98. The summed E-state index contributed by atoms with van der Waals surface area (Å²) in [5.74, 6) is 0. The Labute approximate surface area is 100 Å². The van der Waals surface area contributed by atoms with E-state index in [2.05, 4.69) is 28.1 Å². The van der Waals surface area contributed by atoms with Crippen molar-refractivity contribution in [1.29, 1.82) is 0 Å². The van der Waals surface area contributed by atoms with Crippen molar-refractivity contribution in [3.63, 3.8) is 0 Å². The Morgan fingerprint density at radius 1 is 1.27 bits per heavy atom. The minimum atomic E-state index is 0.0657. The van der Waals surface area contributed by atoms with E-state index in [1.807, 2.05) is 23.6 Å². The number of rotatable bonds is 3. The van der Waals surface area contributed by atoms with Crippen LogP contribution in [0.3, 0.4) is 0 Å². The quantitative estimate of drug-likeness (QED) is 0.849. The van der Waals surface area contributed by atoms with E-state index in [4.69, 9.17) is 0 Å². The Balaban J connectivity index is 2.06. The number of aryl methyl sites for hydroxylation is 2. The van der Waals surface area contributed by atoms with Gasteiger partial charge < -0.3 is 0 Å². The third kappa shape index (κ3) is 2.58. The van der Waals surface area contributed by atoms with Gasteiger partial charge in [-0.15, -0.1) is 0 Å². The smallest absolute Gasteiger partial charge is 0.267 e. The van der Waals surface area contributed by atoms with E-state index in [1.165, 1.54) is 17.1 Å². The number of benzene rings is 1. The topological polar surface area (TPSA) is 22.0 Å². The molecule has 1 aromatic heterocycles. The van der Waals surface area contributed by atoms with Gasteiger partial charge in [0.15, 0.2) is 0 Å². The Morgan fingerprint density at radius 3 is 2.60 bits per heavy atom. The molecule has 0 amide bonds. The van der Waals surface area contributed by atoms with Crippen LogP contribution in [-0.2, 0) is 13.0 Å². The molecule has 0 saturated carbocycles. The van der Waals surface area contributed by atoms with Crippen molar-refractivity contribution >= 4 is 27.5 Å². The first-order valence-electron chi connectivity index (χ1n) is 4.65. The number of nitrogens with zero attached hydrogens (tertiary/aromatic N) is 1. The molecule has 0 unspecified atom stereocenters. The van der Waals surface area contributed by atoms with Crippen LogP contribution in [-0.4, -0.2) is 3.96 Å². The molecule has 0 radical (unpaired) electrons. The van der Waals surface area contributed by atoms with Gasteiger partial charge >= 0.3 is 0 Å². The van der Waals surface area contributed by atoms with Gasteiger partial charge in [-0.25, -0.2) is 0 Å². The molecule has 1 aromatic carbocycles. The van der Waals surface area contributed by atoms with E-state index in [1.54, 1.807) is 3.96 Å². The molecular formula is C11H10BrNOS. The van der Waals surface area contributed by atoms with Crippen LogP contribution in [0.15, 0.2) is 45.0 Å². The van der Waals surface area contributed by atoms with E-state index < -0.39 is 0 Å². The summed E-state index contributed by atoms with van der Waals surface area (Å²) in [6.07, 6.45) is 0.897. The van der Waals surface area contributed by atoms with Crippen molar-refractivity contribution in [1.82, 2.24) is 3.96 Å². The van der Waals surface area contributed by atoms with E-state index in [-0.39, 0.29) is 5.56 Å². The van der Waals surface area contributed by atoms with Crippen LogP contribution in [0, 0.1) is 0 Å². The standard InChI is InChI=1S/C11H10BrNOS/c12-10-8-15-13(11(10)14)7-6-9-4-2-1-3-5-9/h1-5,8H,6-7H2. The van der Waals surface area contributed by atoms with Crippen molar-refractivity contribution in [2.75, 3.05) is 0 Å². The van der Waals surface area contributed by atoms with E-state index in [9.17, 15) is 4.79 Å². The second-order valence-corrected chi connectivity index (χ2v) is 4.96. The Hall–Kier alpha value is -0.870. The van der Waals surface area contributed by atoms with Crippen molar-refractivity contribution in [2.45, 2.75) is 13.0 Å². The van der Waals surface area contributed by atoms with Gasteiger partial charge in [0, 0.05) is 11.9 Å². The predicted molar refractivity (Wildman–Crippen MR) is 66.4 cm³/mol. The molecule has 0 spiro atoms. The molecule has 4 heteroatoms. The molecule has 78 valence electrons. The fraction of sp³-hybridized carbons (Fsp3) is 0.182. The fourth-order valence-electron chi connectivity index (χ4n) is 1.36. The lowest BCUT2D eigenvalue weighted by molar-refractivity contribution is 0.732. The van der Waals surface area contributed by atoms with Gasteiger partial charge in [-0.2, -0.15) is 0 Å². The van der Waals surface area contributed by atoms with Crippen molar-refractivity contribution in [2.24, 2.45) is 0 Å². The summed E-state index contributed by atoms with van der Waals surface area (Å²) < 4.78 is 2.41. The number of halogens is 1. The molecule has 0 fully saturated rings. The molecule has 0 atom stereocenters. The second-order valence-electron chi connectivity index (χ2n) is 3.21. The molecule has 0 saturated heterocycles. The highest BCUT2D eigenvalue weighted by Gasteiger charge is 2.02. The van der Waals surface area contributed by atoms with Gasteiger partial charge in [0.2, 0.25) is 0 Å². The molecule has 15 heavy (non-hydrogen) atoms. The number of aromatic nitrogens is 1. The largest absolute Gasteiger partial charge is 0.274 e. The number of hydrogen-bond donors (Lipinski definition) is 0. The lowest BCUT2D eigenvalue weighted by Crippen LogP contribution is -2.14. The van der Waals surface area contributed by atoms with Crippen LogP contribution in [0.4, 0.5) is 0 Å². The van der Waals surface area contributed by atoms with Gasteiger partial charge in [0.25, 0.3) is 5.56 Å². The van der Waals surface area contributed by atoms with Crippen LogP contribution in [0.5, 0.6) is 0 Å². The minimum Gasteiger partial charge on any atom is -0.267 e. The highest BCUT2D eigenvalue weighted by atomic mass is 79.9. The van der Waals surface area contributed by atoms with Crippen molar-refractivity contribution in [3.8, 4) is 0 Å². The molecule has 0 aliphatic rings.